The lowest BCUT2D eigenvalue weighted by Gasteiger charge is -2.11. The average molecular weight is 207 g/mol. The fourth-order valence-corrected chi connectivity index (χ4v) is 1.42. The molecule has 5 heteroatoms. The van der Waals surface area contributed by atoms with E-state index in [1.807, 2.05) is 18.2 Å². The average Bonchev–Trinajstić information content (AvgIpc) is 2.67. The van der Waals surface area contributed by atoms with Crippen LogP contribution in [0.2, 0.25) is 0 Å². The van der Waals surface area contributed by atoms with Gasteiger partial charge in [-0.1, -0.05) is 0 Å². The van der Waals surface area contributed by atoms with Crippen molar-refractivity contribution in [1.82, 2.24) is 5.32 Å². The van der Waals surface area contributed by atoms with Gasteiger partial charge in [-0.15, -0.1) is 0 Å². The largest absolute Gasteiger partial charge is 0.394 e. The van der Waals surface area contributed by atoms with Crippen LogP contribution in [-0.2, 0) is 4.74 Å². The van der Waals surface area contributed by atoms with Gasteiger partial charge in [-0.05, 0) is 18.2 Å². The maximum absolute atomic E-state index is 8.63. The Kier molecular flexibility index (Phi) is 2.94. The molecule has 0 radical (unpaired) electrons. The van der Waals surface area contributed by atoms with E-state index in [0.29, 0.717) is 12.5 Å². The van der Waals surface area contributed by atoms with Crippen molar-refractivity contribution in [2.75, 3.05) is 20.3 Å². The number of fused-ring (bicyclic) bond motifs is 1. The molecule has 80 valence electrons. The van der Waals surface area contributed by atoms with Crippen LogP contribution in [-0.4, -0.2) is 43.1 Å². The van der Waals surface area contributed by atoms with Gasteiger partial charge in [0.05, 0.1) is 30.7 Å². The zero-order chi connectivity index (χ0) is 10.7. The molecule has 0 saturated heterocycles. The van der Waals surface area contributed by atoms with Gasteiger partial charge >= 0.3 is 0 Å². The predicted molar refractivity (Wildman–Crippen MR) is 58.0 cm³/mol. The third-order valence-corrected chi connectivity index (χ3v) is 2.16. The highest BCUT2D eigenvalue weighted by Gasteiger charge is 2.20. The fraction of sp³-hybridized carbons (Fsp3) is 0.400. The van der Waals surface area contributed by atoms with E-state index < -0.39 is 0 Å². The molecular formula is C10H13N3O2. The van der Waals surface area contributed by atoms with Crippen LogP contribution >= 0.6 is 0 Å². The summed E-state index contributed by atoms with van der Waals surface area (Å²) in [5, 5.41) is 11.7. The molecule has 15 heavy (non-hydrogen) atoms. The van der Waals surface area contributed by atoms with E-state index in [4.69, 9.17) is 9.84 Å². The van der Waals surface area contributed by atoms with Crippen molar-refractivity contribution in [3.63, 3.8) is 0 Å². The molecule has 1 unspecified atom stereocenters. The standard InChI is InChI=1S/C10H13N3O2/c1-15-7-2-3-8-9(6-7)13-10(12-8)11-4-5-14/h2-3,6-7,14H,4-5H2,1H3,(H,11,13). The second-order valence-corrected chi connectivity index (χ2v) is 3.19. The predicted octanol–water partition coefficient (Wildman–Crippen LogP) is -0.152. The number of nitrogens with one attached hydrogen (secondary N) is 1. The molecule has 1 atom stereocenters. The van der Waals surface area contributed by atoms with Crippen LogP contribution < -0.4 is 5.32 Å². The molecule has 2 aliphatic rings. The Bertz CT molecular complexity index is 369. The first-order valence-electron chi connectivity index (χ1n) is 4.77. The lowest BCUT2D eigenvalue weighted by Crippen LogP contribution is -2.21. The number of guanidine groups is 1. The number of allylic oxidation sites excluding steroid dienone is 1. The summed E-state index contributed by atoms with van der Waals surface area (Å²) in [4.78, 5) is 8.32. The Hall–Kier alpha value is -1.46. The molecule has 0 aromatic rings. The van der Waals surface area contributed by atoms with Crippen LogP contribution in [0.1, 0.15) is 0 Å². The molecule has 0 fully saturated rings. The Morgan fingerprint density at radius 1 is 1.67 bits per heavy atom. The summed E-state index contributed by atoms with van der Waals surface area (Å²) in [5.74, 6) is 0.548. The van der Waals surface area contributed by atoms with Gasteiger partial charge in [0.25, 0.3) is 0 Å². The van der Waals surface area contributed by atoms with Gasteiger partial charge in [-0.3, -0.25) is 0 Å². The van der Waals surface area contributed by atoms with Gasteiger partial charge in [-0.2, -0.15) is 0 Å². The number of rotatable bonds is 3. The first-order chi connectivity index (χ1) is 7.33. The molecule has 1 aliphatic carbocycles. The van der Waals surface area contributed by atoms with E-state index in [2.05, 4.69) is 15.3 Å². The van der Waals surface area contributed by atoms with Crippen molar-refractivity contribution < 1.29 is 9.84 Å². The molecule has 0 bridgehead atoms. The summed E-state index contributed by atoms with van der Waals surface area (Å²) in [6.45, 7) is 0.398. The molecule has 5 nitrogen and oxygen atoms in total. The van der Waals surface area contributed by atoms with Gasteiger partial charge in [0.1, 0.15) is 0 Å². The topological polar surface area (TPSA) is 66.2 Å². The van der Waals surface area contributed by atoms with Gasteiger partial charge in [0.15, 0.2) is 0 Å². The van der Waals surface area contributed by atoms with E-state index in [-0.39, 0.29) is 12.7 Å². The van der Waals surface area contributed by atoms with E-state index in [0.717, 1.165) is 11.4 Å². The molecule has 2 N–H and O–H groups in total. The first-order valence-corrected chi connectivity index (χ1v) is 4.77. The molecule has 0 aromatic heterocycles. The van der Waals surface area contributed by atoms with Crippen LogP contribution in [0.4, 0.5) is 0 Å². The molecule has 0 amide bonds. The van der Waals surface area contributed by atoms with Crippen molar-refractivity contribution in [2.45, 2.75) is 6.10 Å². The van der Waals surface area contributed by atoms with E-state index in [9.17, 15) is 0 Å². The smallest absolute Gasteiger partial charge is 0.223 e. The minimum atomic E-state index is -0.0105. The molecule has 0 saturated carbocycles. The summed E-state index contributed by atoms with van der Waals surface area (Å²) in [7, 11) is 1.66. The SMILES string of the molecule is COC1C=CC2=NC(=NCCO)NC2=C1. The molecule has 0 spiro atoms. The maximum atomic E-state index is 8.63. The number of aliphatic hydroxyl groups excluding tert-OH is 1. The van der Waals surface area contributed by atoms with Crippen LogP contribution in [0.25, 0.3) is 0 Å². The Balaban J connectivity index is 2.13. The highest BCUT2D eigenvalue weighted by Crippen LogP contribution is 2.14. The highest BCUT2D eigenvalue weighted by atomic mass is 16.5. The highest BCUT2D eigenvalue weighted by molar-refractivity contribution is 6.19. The Morgan fingerprint density at radius 2 is 2.53 bits per heavy atom. The third kappa shape index (κ3) is 2.14. The monoisotopic (exact) mass is 207 g/mol. The van der Waals surface area contributed by atoms with Crippen molar-refractivity contribution in [3.05, 3.63) is 23.9 Å². The lowest BCUT2D eigenvalue weighted by molar-refractivity contribution is 0.176. The first kappa shape index (κ1) is 10.1. The zero-order valence-corrected chi connectivity index (χ0v) is 8.47. The van der Waals surface area contributed by atoms with Gasteiger partial charge < -0.3 is 15.2 Å². The van der Waals surface area contributed by atoms with Crippen LogP contribution in [0.15, 0.2) is 33.9 Å². The Morgan fingerprint density at radius 3 is 3.27 bits per heavy atom. The normalized spacial score (nSPS) is 26.0. The zero-order valence-electron chi connectivity index (χ0n) is 8.47. The fourth-order valence-electron chi connectivity index (χ4n) is 1.42. The van der Waals surface area contributed by atoms with E-state index >= 15 is 0 Å². The van der Waals surface area contributed by atoms with Gasteiger partial charge in [-0.25, -0.2) is 9.98 Å². The molecular weight excluding hydrogens is 194 g/mol. The van der Waals surface area contributed by atoms with Crippen molar-refractivity contribution in [3.8, 4) is 0 Å². The summed E-state index contributed by atoms with van der Waals surface area (Å²) in [6.07, 6.45) is 5.76. The summed E-state index contributed by atoms with van der Waals surface area (Å²) in [6, 6.07) is 0. The Labute approximate surface area is 87.9 Å². The second kappa shape index (κ2) is 4.37. The van der Waals surface area contributed by atoms with E-state index in [1.165, 1.54) is 0 Å². The van der Waals surface area contributed by atoms with Crippen LogP contribution in [0, 0.1) is 0 Å². The van der Waals surface area contributed by atoms with Crippen molar-refractivity contribution >= 4 is 11.7 Å². The summed E-state index contributed by atoms with van der Waals surface area (Å²) < 4.78 is 5.18. The molecule has 0 aromatic carbocycles. The molecule has 2 rings (SSSR count). The number of hydrogen-bond donors (Lipinski definition) is 2. The minimum Gasteiger partial charge on any atom is -0.394 e. The van der Waals surface area contributed by atoms with Gasteiger partial charge in [0.2, 0.25) is 5.96 Å². The van der Waals surface area contributed by atoms with Gasteiger partial charge in [0, 0.05) is 7.11 Å². The minimum absolute atomic E-state index is 0.0105. The lowest BCUT2D eigenvalue weighted by atomic mass is 10.1. The van der Waals surface area contributed by atoms with Crippen LogP contribution in [0.3, 0.4) is 0 Å². The number of hydrogen-bond acceptors (Lipinski definition) is 3. The second-order valence-electron chi connectivity index (χ2n) is 3.19. The maximum Gasteiger partial charge on any atom is 0.223 e. The van der Waals surface area contributed by atoms with Crippen LogP contribution in [0.5, 0.6) is 0 Å². The quantitative estimate of drug-likeness (QED) is 0.676. The number of nitrogens with zero attached hydrogens (tertiary/aromatic N) is 2. The number of methoxy groups -OCH3 is 1. The number of aliphatic imine (C=N–C) groups is 2. The summed E-state index contributed by atoms with van der Waals surface area (Å²) >= 11 is 0. The summed E-state index contributed by atoms with van der Waals surface area (Å²) in [5.41, 5.74) is 1.78. The third-order valence-electron chi connectivity index (χ3n) is 2.16. The van der Waals surface area contributed by atoms with Crippen molar-refractivity contribution in [1.29, 1.82) is 0 Å². The molecule has 1 aliphatic heterocycles. The van der Waals surface area contributed by atoms with Crippen molar-refractivity contribution in [2.24, 2.45) is 9.98 Å². The number of aliphatic hydroxyl groups is 1. The number of ether oxygens (including phenoxy) is 1. The molecule has 1 heterocycles. The van der Waals surface area contributed by atoms with E-state index in [1.54, 1.807) is 7.11 Å².